The van der Waals surface area contributed by atoms with Crippen LogP contribution in [0.2, 0.25) is 0 Å². The molecule has 6 rings (SSSR count). The number of amides is 1. The van der Waals surface area contributed by atoms with Crippen LogP contribution in [0.1, 0.15) is 31.8 Å². The minimum atomic E-state index is -0.139. The lowest BCUT2D eigenvalue weighted by molar-refractivity contribution is 0.0742. The fraction of sp³-hybridized carbons (Fsp3) is 0.152. The molecule has 0 N–H and O–H groups in total. The molecule has 6 nitrogen and oxygen atoms in total. The molecule has 1 aliphatic rings. The molecule has 5 aromatic rings. The fourth-order valence-electron chi connectivity index (χ4n) is 5.03. The molecule has 192 valence electrons. The zero-order valence-corrected chi connectivity index (χ0v) is 21.7. The van der Waals surface area contributed by atoms with E-state index in [9.17, 15) is 9.59 Å². The van der Waals surface area contributed by atoms with Gasteiger partial charge in [0.05, 0.1) is 11.3 Å². The largest absolute Gasteiger partial charge is 0.352 e. The highest BCUT2D eigenvalue weighted by atomic mass is 16.2. The molecule has 0 radical (unpaired) electrons. The Morgan fingerprint density at radius 2 is 1.36 bits per heavy atom. The van der Waals surface area contributed by atoms with Crippen LogP contribution < -0.4 is 4.90 Å². The van der Waals surface area contributed by atoms with Crippen LogP contribution in [0, 0.1) is 6.92 Å². The molecule has 1 aromatic heterocycles. The smallest absolute Gasteiger partial charge is 0.254 e. The van der Waals surface area contributed by atoms with Crippen LogP contribution in [0.3, 0.4) is 0 Å². The molecule has 0 bridgehead atoms. The van der Waals surface area contributed by atoms with E-state index in [2.05, 4.69) is 45.4 Å². The molecule has 0 saturated carbocycles. The van der Waals surface area contributed by atoms with Crippen molar-refractivity contribution < 1.29 is 9.59 Å². The van der Waals surface area contributed by atoms with Gasteiger partial charge in [0, 0.05) is 42.9 Å². The average Bonchev–Trinajstić information content (AvgIpc) is 3.01. The van der Waals surface area contributed by atoms with Crippen molar-refractivity contribution in [2.24, 2.45) is 0 Å². The zero-order chi connectivity index (χ0) is 26.8. The van der Waals surface area contributed by atoms with Crippen molar-refractivity contribution in [3.05, 3.63) is 125 Å². The number of aryl methyl sites for hydroxylation is 1. The summed E-state index contributed by atoms with van der Waals surface area (Å²) >= 11 is 0. The van der Waals surface area contributed by atoms with Gasteiger partial charge < -0.3 is 9.80 Å². The number of fused-ring (bicyclic) bond motifs is 1. The minimum Gasteiger partial charge on any atom is -0.352 e. The summed E-state index contributed by atoms with van der Waals surface area (Å²) in [5.41, 5.74) is 4.40. The molecular weight excluding hydrogens is 484 g/mol. The zero-order valence-electron chi connectivity index (χ0n) is 21.7. The van der Waals surface area contributed by atoms with Crippen LogP contribution >= 0.6 is 0 Å². The third-order valence-corrected chi connectivity index (χ3v) is 7.30. The quantitative estimate of drug-likeness (QED) is 0.279. The molecule has 2 heterocycles. The van der Waals surface area contributed by atoms with E-state index in [0.29, 0.717) is 42.9 Å². The summed E-state index contributed by atoms with van der Waals surface area (Å²) in [6.07, 6.45) is 0. The number of rotatable bonds is 5. The molecule has 4 aromatic carbocycles. The maximum Gasteiger partial charge on any atom is 0.254 e. The maximum atomic E-state index is 13.5. The van der Waals surface area contributed by atoms with Crippen molar-refractivity contribution in [3.63, 3.8) is 0 Å². The summed E-state index contributed by atoms with van der Waals surface area (Å²) in [6, 6.07) is 33.1. The topological polar surface area (TPSA) is 66.4 Å². The van der Waals surface area contributed by atoms with Gasteiger partial charge in [-0.1, -0.05) is 84.4 Å². The van der Waals surface area contributed by atoms with Gasteiger partial charge >= 0.3 is 0 Å². The molecule has 0 aliphatic carbocycles. The Morgan fingerprint density at radius 3 is 2.08 bits per heavy atom. The van der Waals surface area contributed by atoms with E-state index in [1.165, 1.54) is 10.8 Å². The number of carbonyl (C=O) groups excluding carboxylic acids is 2. The van der Waals surface area contributed by atoms with Crippen LogP contribution in [0.25, 0.3) is 22.0 Å². The first kappa shape index (κ1) is 24.5. The lowest BCUT2D eigenvalue weighted by atomic mass is 9.97. The predicted molar refractivity (Wildman–Crippen MR) is 154 cm³/mol. The van der Waals surface area contributed by atoms with Gasteiger partial charge in [0.2, 0.25) is 0 Å². The van der Waals surface area contributed by atoms with Crippen LogP contribution in [0.15, 0.2) is 103 Å². The summed E-state index contributed by atoms with van der Waals surface area (Å²) < 4.78 is 0. The normalized spacial score (nSPS) is 13.5. The summed E-state index contributed by atoms with van der Waals surface area (Å²) in [4.78, 5) is 30.6. The number of aromatic nitrogens is 2. The predicted octanol–water partition coefficient (Wildman–Crippen LogP) is 5.80. The molecule has 1 saturated heterocycles. The molecule has 1 aliphatic heterocycles. The van der Waals surface area contributed by atoms with Gasteiger partial charge in [0.15, 0.2) is 11.6 Å². The first-order valence-electron chi connectivity index (χ1n) is 13.1. The number of carbonyl (C=O) groups is 2. The lowest BCUT2D eigenvalue weighted by Crippen LogP contribution is -2.49. The van der Waals surface area contributed by atoms with Crippen LogP contribution in [0.4, 0.5) is 5.82 Å². The molecule has 6 heteroatoms. The summed E-state index contributed by atoms with van der Waals surface area (Å²) in [7, 11) is 0. The van der Waals surface area contributed by atoms with E-state index in [1.54, 1.807) is 18.2 Å². The van der Waals surface area contributed by atoms with Gasteiger partial charge in [-0.3, -0.25) is 9.59 Å². The summed E-state index contributed by atoms with van der Waals surface area (Å²) in [6.45, 7) is 4.35. The molecule has 1 amide bonds. The number of ketones is 1. The Bertz CT molecular complexity index is 1650. The van der Waals surface area contributed by atoms with Crippen molar-refractivity contribution in [1.29, 1.82) is 0 Å². The van der Waals surface area contributed by atoms with Crippen LogP contribution in [-0.4, -0.2) is 53.0 Å². The highest BCUT2D eigenvalue weighted by Crippen LogP contribution is 2.24. The third-order valence-electron chi connectivity index (χ3n) is 7.30. The molecule has 1 fully saturated rings. The van der Waals surface area contributed by atoms with Crippen molar-refractivity contribution in [2.75, 3.05) is 31.1 Å². The SMILES string of the molecule is Cc1ccc(C(=O)c2ccccc2C(=O)N2CCN(c3ccc(-c4ccc5ccccc5c4)nn3)CC2)cc1. The first-order valence-corrected chi connectivity index (χ1v) is 13.1. The van der Waals surface area contributed by atoms with E-state index in [1.807, 2.05) is 66.4 Å². The Labute approximate surface area is 227 Å². The highest BCUT2D eigenvalue weighted by molar-refractivity contribution is 6.15. The Balaban J connectivity index is 1.13. The van der Waals surface area contributed by atoms with Crippen LogP contribution in [-0.2, 0) is 0 Å². The number of hydrogen-bond donors (Lipinski definition) is 0. The molecule has 39 heavy (non-hydrogen) atoms. The number of piperazine rings is 1. The Hall–Kier alpha value is -4.84. The van der Waals surface area contributed by atoms with Gasteiger partial charge in [-0.25, -0.2) is 0 Å². The second-order valence-electron chi connectivity index (χ2n) is 9.86. The summed E-state index contributed by atoms with van der Waals surface area (Å²) in [5, 5.41) is 11.3. The van der Waals surface area contributed by atoms with Crippen molar-refractivity contribution >= 4 is 28.3 Å². The second kappa shape index (κ2) is 10.5. The van der Waals surface area contributed by atoms with E-state index in [-0.39, 0.29) is 11.7 Å². The van der Waals surface area contributed by atoms with E-state index in [4.69, 9.17) is 0 Å². The number of anilines is 1. The molecule has 0 unspecified atom stereocenters. The second-order valence-corrected chi connectivity index (χ2v) is 9.86. The van der Waals surface area contributed by atoms with Gasteiger partial charge in [-0.15, -0.1) is 10.2 Å². The lowest BCUT2D eigenvalue weighted by Gasteiger charge is -2.35. The van der Waals surface area contributed by atoms with Gasteiger partial charge in [-0.2, -0.15) is 0 Å². The fourth-order valence-corrected chi connectivity index (χ4v) is 5.03. The highest BCUT2D eigenvalue weighted by Gasteiger charge is 2.26. The van der Waals surface area contributed by atoms with E-state index in [0.717, 1.165) is 22.6 Å². The van der Waals surface area contributed by atoms with E-state index < -0.39 is 0 Å². The number of hydrogen-bond acceptors (Lipinski definition) is 5. The van der Waals surface area contributed by atoms with Crippen LogP contribution in [0.5, 0.6) is 0 Å². The van der Waals surface area contributed by atoms with Crippen molar-refractivity contribution in [1.82, 2.24) is 15.1 Å². The summed E-state index contributed by atoms with van der Waals surface area (Å²) in [5.74, 6) is 0.532. The van der Waals surface area contributed by atoms with Gasteiger partial charge in [0.1, 0.15) is 0 Å². The maximum absolute atomic E-state index is 13.5. The standard InChI is InChI=1S/C33H28N4O2/c1-23-10-12-25(13-11-23)32(38)28-8-4-5-9-29(28)33(39)37-20-18-36(19-21-37)31-17-16-30(34-35-31)27-15-14-24-6-2-3-7-26(24)22-27/h2-17,22H,18-21H2,1H3. The number of benzene rings is 4. The van der Waals surface area contributed by atoms with E-state index >= 15 is 0 Å². The molecule has 0 spiro atoms. The van der Waals surface area contributed by atoms with Gasteiger partial charge in [0.25, 0.3) is 5.91 Å². The monoisotopic (exact) mass is 512 g/mol. The minimum absolute atomic E-state index is 0.122. The average molecular weight is 513 g/mol. The Kier molecular flexibility index (Phi) is 6.59. The Morgan fingerprint density at radius 1 is 0.667 bits per heavy atom. The van der Waals surface area contributed by atoms with Gasteiger partial charge in [-0.05, 0) is 42.0 Å². The third kappa shape index (κ3) is 5.01. The number of nitrogens with zero attached hydrogens (tertiary/aromatic N) is 4. The molecular formula is C33H28N4O2. The first-order chi connectivity index (χ1) is 19.1. The molecule has 0 atom stereocenters. The van der Waals surface area contributed by atoms with Crippen molar-refractivity contribution in [3.8, 4) is 11.3 Å². The van der Waals surface area contributed by atoms with Crippen molar-refractivity contribution in [2.45, 2.75) is 6.92 Å².